The highest BCUT2D eigenvalue weighted by molar-refractivity contribution is 4.87. The molecule has 6 nitrogen and oxygen atoms in total. The van der Waals surface area contributed by atoms with Gasteiger partial charge in [0.15, 0.2) is 0 Å². The van der Waals surface area contributed by atoms with Crippen molar-refractivity contribution < 1.29 is 30.6 Å². The fourth-order valence-electron chi connectivity index (χ4n) is 1.08. The molecule has 0 rings (SSSR count). The van der Waals surface area contributed by atoms with Gasteiger partial charge in [-0.2, -0.15) is 0 Å². The van der Waals surface area contributed by atoms with Gasteiger partial charge in [0.05, 0.1) is 12.7 Å². The average Bonchev–Trinajstić information content (AvgIpc) is 2.25. The highest BCUT2D eigenvalue weighted by atomic mass is 16.4. The largest absolute Gasteiger partial charge is 0.394 e. The van der Waals surface area contributed by atoms with E-state index in [1.807, 2.05) is 0 Å². The first-order chi connectivity index (χ1) is 6.95. The van der Waals surface area contributed by atoms with E-state index in [0.717, 1.165) is 0 Å². The number of hydrogen-bond acceptors (Lipinski definition) is 6. The third-order valence-electron chi connectivity index (χ3n) is 2.08. The molecule has 0 aromatic rings. The van der Waals surface area contributed by atoms with E-state index in [-0.39, 0.29) is 6.42 Å². The molecule has 0 aromatic heterocycles. The van der Waals surface area contributed by atoms with E-state index in [2.05, 4.69) is 6.58 Å². The molecule has 0 spiro atoms. The number of aliphatic hydroxyl groups excluding tert-OH is 6. The van der Waals surface area contributed by atoms with E-state index < -0.39 is 37.1 Å². The van der Waals surface area contributed by atoms with Crippen molar-refractivity contribution in [2.45, 2.75) is 36.9 Å². The molecule has 0 aliphatic carbocycles. The minimum absolute atomic E-state index is 0.0418. The van der Waals surface area contributed by atoms with Crippen molar-refractivity contribution >= 4 is 0 Å². The molecule has 0 aliphatic heterocycles. The summed E-state index contributed by atoms with van der Waals surface area (Å²) in [6, 6.07) is 0. The molecule has 6 N–H and O–H groups in total. The summed E-state index contributed by atoms with van der Waals surface area (Å²) in [5.74, 6) is 0. The van der Waals surface area contributed by atoms with Crippen molar-refractivity contribution in [3.63, 3.8) is 0 Å². The van der Waals surface area contributed by atoms with Crippen LogP contribution in [-0.2, 0) is 0 Å². The van der Waals surface area contributed by atoms with Gasteiger partial charge in [-0.05, 0) is 6.42 Å². The zero-order valence-corrected chi connectivity index (χ0v) is 8.27. The quantitative estimate of drug-likeness (QED) is 0.262. The van der Waals surface area contributed by atoms with Gasteiger partial charge in [0.25, 0.3) is 0 Å². The van der Waals surface area contributed by atoms with Crippen LogP contribution < -0.4 is 0 Å². The zero-order valence-electron chi connectivity index (χ0n) is 8.27. The lowest BCUT2D eigenvalue weighted by atomic mass is 9.98. The van der Waals surface area contributed by atoms with Crippen LogP contribution in [0, 0.1) is 0 Å². The predicted octanol–water partition coefficient (Wildman–Crippen LogP) is -2.64. The van der Waals surface area contributed by atoms with Crippen LogP contribution in [0.25, 0.3) is 0 Å². The van der Waals surface area contributed by atoms with Crippen LogP contribution in [0.5, 0.6) is 0 Å². The molecule has 0 aliphatic rings. The summed E-state index contributed by atoms with van der Waals surface area (Å²) in [6.07, 6.45) is -6.52. The second-order valence-electron chi connectivity index (χ2n) is 3.31. The van der Waals surface area contributed by atoms with Crippen molar-refractivity contribution in [1.82, 2.24) is 0 Å². The molecule has 0 radical (unpaired) electrons. The standard InChI is InChI=1S/C9H18O6/c1-2-3-5(11)7(13)9(15)8(14)6(12)4-10/h2,5-15H,1,3-4H2. The summed E-state index contributed by atoms with van der Waals surface area (Å²) >= 11 is 0. The number of aliphatic hydroxyl groups is 6. The highest BCUT2D eigenvalue weighted by Gasteiger charge is 2.33. The van der Waals surface area contributed by atoms with Gasteiger partial charge in [-0.25, -0.2) is 0 Å². The fraction of sp³-hybridized carbons (Fsp3) is 0.778. The van der Waals surface area contributed by atoms with E-state index in [1.54, 1.807) is 0 Å². The van der Waals surface area contributed by atoms with Crippen LogP contribution in [-0.4, -0.2) is 67.8 Å². The molecular formula is C9H18O6. The SMILES string of the molecule is C=CCC(O)C(O)C(O)C(O)C(O)CO. The first-order valence-corrected chi connectivity index (χ1v) is 4.57. The van der Waals surface area contributed by atoms with Gasteiger partial charge in [0.2, 0.25) is 0 Å². The Bertz CT molecular complexity index is 185. The Morgan fingerprint density at radius 2 is 1.33 bits per heavy atom. The van der Waals surface area contributed by atoms with E-state index in [1.165, 1.54) is 6.08 Å². The van der Waals surface area contributed by atoms with Gasteiger partial charge in [-0.1, -0.05) is 6.08 Å². The van der Waals surface area contributed by atoms with Gasteiger partial charge in [0, 0.05) is 0 Å². The minimum Gasteiger partial charge on any atom is -0.394 e. The lowest BCUT2D eigenvalue weighted by Crippen LogP contribution is -2.49. The Balaban J connectivity index is 4.28. The fourth-order valence-corrected chi connectivity index (χ4v) is 1.08. The second kappa shape index (κ2) is 6.89. The highest BCUT2D eigenvalue weighted by Crippen LogP contribution is 2.10. The lowest BCUT2D eigenvalue weighted by molar-refractivity contribution is -0.139. The van der Waals surface area contributed by atoms with Crippen molar-refractivity contribution in [2.75, 3.05) is 6.61 Å². The van der Waals surface area contributed by atoms with Gasteiger partial charge in [-0.15, -0.1) is 6.58 Å². The number of hydrogen-bond donors (Lipinski definition) is 6. The molecule has 0 bridgehead atoms. The molecule has 90 valence electrons. The predicted molar refractivity (Wildman–Crippen MR) is 51.9 cm³/mol. The summed E-state index contributed by atoms with van der Waals surface area (Å²) in [5.41, 5.74) is 0. The molecular weight excluding hydrogens is 204 g/mol. The van der Waals surface area contributed by atoms with Crippen molar-refractivity contribution in [3.8, 4) is 0 Å². The molecule has 0 amide bonds. The molecule has 0 fully saturated rings. The van der Waals surface area contributed by atoms with Crippen molar-refractivity contribution in [1.29, 1.82) is 0 Å². The van der Waals surface area contributed by atoms with Gasteiger partial charge in [0.1, 0.15) is 24.4 Å². The molecule has 6 heteroatoms. The molecule has 0 saturated carbocycles. The van der Waals surface area contributed by atoms with E-state index in [9.17, 15) is 20.4 Å². The number of rotatable bonds is 7. The summed E-state index contributed by atoms with van der Waals surface area (Å²) in [6.45, 7) is 2.59. The Kier molecular flexibility index (Phi) is 6.66. The van der Waals surface area contributed by atoms with Crippen molar-refractivity contribution in [2.24, 2.45) is 0 Å². The van der Waals surface area contributed by atoms with Crippen LogP contribution in [0.4, 0.5) is 0 Å². The topological polar surface area (TPSA) is 121 Å². The van der Waals surface area contributed by atoms with Crippen LogP contribution >= 0.6 is 0 Å². The smallest absolute Gasteiger partial charge is 0.111 e. The van der Waals surface area contributed by atoms with E-state index in [4.69, 9.17) is 10.2 Å². The summed E-state index contributed by atoms with van der Waals surface area (Å²) in [5, 5.41) is 54.6. The normalized spacial score (nSPS) is 21.5. The third kappa shape index (κ3) is 4.25. The zero-order chi connectivity index (χ0) is 12.0. The summed E-state index contributed by atoms with van der Waals surface area (Å²) < 4.78 is 0. The third-order valence-corrected chi connectivity index (χ3v) is 2.08. The minimum atomic E-state index is -1.73. The summed E-state index contributed by atoms with van der Waals surface area (Å²) in [7, 11) is 0. The van der Waals surface area contributed by atoms with Crippen molar-refractivity contribution in [3.05, 3.63) is 12.7 Å². The van der Waals surface area contributed by atoms with Gasteiger partial charge in [-0.3, -0.25) is 0 Å². The molecule has 0 saturated heterocycles. The van der Waals surface area contributed by atoms with Crippen LogP contribution in [0.15, 0.2) is 12.7 Å². The Labute approximate surface area is 87.7 Å². The molecule has 5 atom stereocenters. The van der Waals surface area contributed by atoms with Crippen LogP contribution in [0.2, 0.25) is 0 Å². The Hall–Kier alpha value is -0.500. The van der Waals surface area contributed by atoms with Crippen LogP contribution in [0.3, 0.4) is 0 Å². The first kappa shape index (κ1) is 14.5. The Morgan fingerprint density at radius 3 is 1.73 bits per heavy atom. The lowest BCUT2D eigenvalue weighted by Gasteiger charge is -2.28. The maximum Gasteiger partial charge on any atom is 0.111 e. The van der Waals surface area contributed by atoms with E-state index >= 15 is 0 Å². The molecule has 0 aromatic carbocycles. The second-order valence-corrected chi connectivity index (χ2v) is 3.31. The Morgan fingerprint density at radius 1 is 0.867 bits per heavy atom. The average molecular weight is 222 g/mol. The monoisotopic (exact) mass is 222 g/mol. The maximum atomic E-state index is 9.33. The van der Waals surface area contributed by atoms with Gasteiger partial charge >= 0.3 is 0 Å². The molecule has 5 unspecified atom stereocenters. The first-order valence-electron chi connectivity index (χ1n) is 4.57. The van der Waals surface area contributed by atoms with E-state index in [0.29, 0.717) is 0 Å². The molecule has 15 heavy (non-hydrogen) atoms. The van der Waals surface area contributed by atoms with Crippen LogP contribution in [0.1, 0.15) is 6.42 Å². The maximum absolute atomic E-state index is 9.33. The summed E-state index contributed by atoms with van der Waals surface area (Å²) in [4.78, 5) is 0. The van der Waals surface area contributed by atoms with Gasteiger partial charge < -0.3 is 30.6 Å². The molecule has 0 heterocycles.